The molecule has 0 saturated carbocycles. The Bertz CT molecular complexity index is 1240. The summed E-state index contributed by atoms with van der Waals surface area (Å²) in [5, 5.41) is 22.8. The van der Waals surface area contributed by atoms with Crippen molar-refractivity contribution in [2.24, 2.45) is 0 Å². The standard InChI is InChI=1S/C24H19ClN2O5/c1-15-5-7-16(8-6-15)14-26-21-10-9-18(25)12-20(21)24(30,23(26)29)13-22(28)17-3-2-4-19(11-17)27(31)32/h2-12,30H,13-14H2,1H3/t24-/m0/s1. The number of carbonyl (C=O) groups is 2. The summed E-state index contributed by atoms with van der Waals surface area (Å²) >= 11 is 6.13. The maximum Gasteiger partial charge on any atom is 0.270 e. The summed E-state index contributed by atoms with van der Waals surface area (Å²) in [7, 11) is 0. The third-order valence-electron chi connectivity index (χ3n) is 5.55. The van der Waals surface area contributed by atoms with Gasteiger partial charge in [-0.2, -0.15) is 0 Å². The van der Waals surface area contributed by atoms with Crippen LogP contribution in [0.1, 0.15) is 33.5 Å². The lowest BCUT2D eigenvalue weighted by molar-refractivity contribution is -0.384. The number of ketones is 1. The van der Waals surface area contributed by atoms with E-state index in [-0.39, 0.29) is 23.4 Å². The van der Waals surface area contributed by atoms with Crippen molar-refractivity contribution in [1.82, 2.24) is 0 Å². The zero-order valence-electron chi connectivity index (χ0n) is 17.1. The number of benzene rings is 3. The summed E-state index contributed by atoms with van der Waals surface area (Å²) in [6.07, 6.45) is -0.565. The number of nitro groups is 1. The van der Waals surface area contributed by atoms with Gasteiger partial charge in [-0.15, -0.1) is 0 Å². The molecule has 1 aliphatic rings. The molecule has 0 unspecified atom stereocenters. The molecule has 1 atom stereocenters. The number of nitrogens with zero attached hydrogens (tertiary/aromatic N) is 2. The maximum atomic E-state index is 13.4. The van der Waals surface area contributed by atoms with Crippen LogP contribution in [0.4, 0.5) is 11.4 Å². The Morgan fingerprint density at radius 3 is 2.53 bits per heavy atom. The van der Waals surface area contributed by atoms with Gasteiger partial charge in [0.2, 0.25) is 0 Å². The second-order valence-electron chi connectivity index (χ2n) is 7.81. The van der Waals surface area contributed by atoms with Crippen LogP contribution in [0, 0.1) is 17.0 Å². The lowest BCUT2D eigenvalue weighted by Gasteiger charge is -2.23. The molecular formula is C24H19ClN2O5. The van der Waals surface area contributed by atoms with Gasteiger partial charge >= 0.3 is 0 Å². The van der Waals surface area contributed by atoms with Crippen LogP contribution in [0.5, 0.6) is 0 Å². The zero-order valence-corrected chi connectivity index (χ0v) is 17.9. The highest BCUT2D eigenvalue weighted by atomic mass is 35.5. The average Bonchev–Trinajstić information content (AvgIpc) is 2.96. The van der Waals surface area contributed by atoms with E-state index in [1.165, 1.54) is 29.2 Å². The SMILES string of the molecule is Cc1ccc(CN2C(=O)[C@](O)(CC(=O)c3cccc([N+](=O)[O-])c3)c3cc(Cl)ccc32)cc1. The number of hydrogen-bond donors (Lipinski definition) is 1. The van der Waals surface area contributed by atoms with Crippen molar-refractivity contribution in [3.63, 3.8) is 0 Å². The fourth-order valence-electron chi connectivity index (χ4n) is 3.85. The first-order valence-corrected chi connectivity index (χ1v) is 10.2. The van der Waals surface area contributed by atoms with Crippen LogP contribution < -0.4 is 4.90 Å². The van der Waals surface area contributed by atoms with Crippen molar-refractivity contribution in [3.8, 4) is 0 Å². The molecule has 0 bridgehead atoms. The topological polar surface area (TPSA) is 101 Å². The molecule has 1 N–H and O–H groups in total. The second kappa shape index (κ2) is 8.18. The number of halogens is 1. The van der Waals surface area contributed by atoms with E-state index in [2.05, 4.69) is 0 Å². The summed E-state index contributed by atoms with van der Waals surface area (Å²) in [6.45, 7) is 2.17. The minimum absolute atomic E-state index is 0.0426. The van der Waals surface area contributed by atoms with E-state index < -0.39 is 28.6 Å². The molecule has 0 aromatic heterocycles. The Labute approximate surface area is 189 Å². The van der Waals surface area contributed by atoms with E-state index in [1.807, 2.05) is 31.2 Å². The molecule has 1 heterocycles. The Balaban J connectivity index is 1.70. The molecule has 0 radical (unpaired) electrons. The van der Waals surface area contributed by atoms with Gasteiger partial charge in [-0.3, -0.25) is 19.7 Å². The lowest BCUT2D eigenvalue weighted by atomic mass is 9.88. The number of Topliss-reactive ketones (excluding diaryl/α,β-unsaturated/α-hetero) is 1. The van der Waals surface area contributed by atoms with E-state index in [0.717, 1.165) is 17.2 Å². The third-order valence-corrected chi connectivity index (χ3v) is 5.79. The van der Waals surface area contributed by atoms with Gasteiger partial charge in [0.1, 0.15) is 0 Å². The number of hydrogen-bond acceptors (Lipinski definition) is 5. The fraction of sp³-hybridized carbons (Fsp3) is 0.167. The highest BCUT2D eigenvalue weighted by molar-refractivity contribution is 6.31. The van der Waals surface area contributed by atoms with E-state index >= 15 is 0 Å². The number of aryl methyl sites for hydroxylation is 1. The van der Waals surface area contributed by atoms with Crippen LogP contribution in [-0.2, 0) is 16.9 Å². The first kappa shape index (κ1) is 21.7. The number of nitro benzene ring substituents is 1. The molecule has 0 aliphatic carbocycles. The van der Waals surface area contributed by atoms with Gasteiger partial charge in [0.05, 0.1) is 23.6 Å². The fourth-order valence-corrected chi connectivity index (χ4v) is 4.03. The molecule has 3 aromatic rings. The van der Waals surface area contributed by atoms with E-state index in [1.54, 1.807) is 12.1 Å². The van der Waals surface area contributed by atoms with Gasteiger partial charge in [-0.25, -0.2) is 0 Å². The summed E-state index contributed by atoms with van der Waals surface area (Å²) in [6, 6.07) is 17.6. The number of amides is 1. The molecule has 8 heteroatoms. The molecule has 162 valence electrons. The minimum atomic E-state index is -2.13. The lowest BCUT2D eigenvalue weighted by Crippen LogP contribution is -2.41. The van der Waals surface area contributed by atoms with Crippen molar-refractivity contribution < 1.29 is 19.6 Å². The maximum absolute atomic E-state index is 13.4. The van der Waals surface area contributed by atoms with Crippen molar-refractivity contribution in [2.75, 3.05) is 4.90 Å². The molecular weight excluding hydrogens is 432 g/mol. The summed E-state index contributed by atoms with van der Waals surface area (Å²) in [5.41, 5.74) is 0.306. The molecule has 1 amide bonds. The summed E-state index contributed by atoms with van der Waals surface area (Å²) in [5.74, 6) is -1.23. The van der Waals surface area contributed by atoms with Gasteiger partial charge in [0.15, 0.2) is 11.4 Å². The highest BCUT2D eigenvalue weighted by Crippen LogP contribution is 2.44. The summed E-state index contributed by atoms with van der Waals surface area (Å²) in [4.78, 5) is 38.2. The molecule has 7 nitrogen and oxygen atoms in total. The van der Waals surface area contributed by atoms with E-state index in [4.69, 9.17) is 11.6 Å². The molecule has 0 spiro atoms. The van der Waals surface area contributed by atoms with Crippen LogP contribution in [0.25, 0.3) is 0 Å². The van der Waals surface area contributed by atoms with Gasteiger partial charge in [-0.05, 0) is 30.7 Å². The number of carbonyl (C=O) groups excluding carboxylic acids is 2. The molecule has 1 aliphatic heterocycles. The predicted molar refractivity (Wildman–Crippen MR) is 120 cm³/mol. The van der Waals surface area contributed by atoms with Crippen LogP contribution in [-0.4, -0.2) is 21.7 Å². The van der Waals surface area contributed by atoms with Crippen LogP contribution in [0.3, 0.4) is 0 Å². The largest absolute Gasteiger partial charge is 0.375 e. The van der Waals surface area contributed by atoms with E-state index in [0.29, 0.717) is 10.7 Å². The van der Waals surface area contributed by atoms with Crippen LogP contribution in [0.15, 0.2) is 66.7 Å². The molecule has 3 aromatic carbocycles. The second-order valence-corrected chi connectivity index (χ2v) is 8.24. The average molecular weight is 451 g/mol. The van der Waals surface area contributed by atoms with Gasteiger partial charge in [0.25, 0.3) is 11.6 Å². The first-order valence-electron chi connectivity index (χ1n) is 9.86. The van der Waals surface area contributed by atoms with Crippen LogP contribution in [0.2, 0.25) is 5.02 Å². The molecule has 32 heavy (non-hydrogen) atoms. The number of aliphatic hydroxyl groups is 1. The zero-order chi connectivity index (χ0) is 23.0. The van der Waals surface area contributed by atoms with Gasteiger partial charge < -0.3 is 10.0 Å². The monoisotopic (exact) mass is 450 g/mol. The Morgan fingerprint density at radius 2 is 1.84 bits per heavy atom. The van der Waals surface area contributed by atoms with Crippen molar-refractivity contribution >= 4 is 34.7 Å². The Morgan fingerprint density at radius 1 is 1.12 bits per heavy atom. The summed E-state index contributed by atoms with van der Waals surface area (Å²) < 4.78 is 0. The Kier molecular flexibility index (Phi) is 5.54. The van der Waals surface area contributed by atoms with E-state index in [9.17, 15) is 24.8 Å². The normalized spacial score (nSPS) is 17.3. The highest BCUT2D eigenvalue weighted by Gasteiger charge is 2.51. The third kappa shape index (κ3) is 3.88. The quantitative estimate of drug-likeness (QED) is 0.337. The molecule has 0 fully saturated rings. The first-order chi connectivity index (χ1) is 15.2. The van der Waals surface area contributed by atoms with Crippen molar-refractivity contribution in [3.05, 3.63) is 104 Å². The molecule has 4 rings (SSSR count). The van der Waals surface area contributed by atoms with Gasteiger partial charge in [-0.1, -0.05) is 53.6 Å². The number of fused-ring (bicyclic) bond motifs is 1. The van der Waals surface area contributed by atoms with Crippen molar-refractivity contribution in [1.29, 1.82) is 0 Å². The number of anilines is 1. The Hall–Kier alpha value is -3.55. The number of rotatable bonds is 6. The number of non-ortho nitro benzene ring substituents is 1. The predicted octanol–water partition coefficient (Wildman–Crippen LogP) is 4.56. The van der Waals surface area contributed by atoms with Crippen LogP contribution >= 0.6 is 11.6 Å². The van der Waals surface area contributed by atoms with Crippen molar-refractivity contribution in [2.45, 2.75) is 25.5 Å². The smallest absolute Gasteiger partial charge is 0.270 e. The minimum Gasteiger partial charge on any atom is -0.375 e. The molecule has 0 saturated heterocycles. The van der Waals surface area contributed by atoms with Gasteiger partial charge in [0, 0.05) is 28.3 Å².